The van der Waals surface area contributed by atoms with E-state index in [1.165, 1.54) is 0 Å². The molecular weight excluding hydrogens is 186 g/mol. The maximum Gasteiger partial charge on any atom is 0.153 e. The number of hydrogen-bond donors (Lipinski definition) is 0. The lowest BCUT2D eigenvalue weighted by Crippen LogP contribution is -2.25. The van der Waals surface area contributed by atoms with Crippen molar-refractivity contribution in [3.8, 4) is 6.07 Å². The van der Waals surface area contributed by atoms with Gasteiger partial charge < -0.3 is 0 Å². The predicted molar refractivity (Wildman–Crippen MR) is 52.9 cm³/mol. The molecule has 13 heavy (non-hydrogen) atoms. The Bertz CT molecular complexity index is 274. The normalized spacial score (nSPS) is 14.1. The Morgan fingerprint density at radius 2 is 1.85 bits per heavy atom. The van der Waals surface area contributed by atoms with Crippen LogP contribution < -0.4 is 0 Å². The first kappa shape index (κ1) is 12.4. The number of rotatable bonds is 5. The van der Waals surface area contributed by atoms with E-state index in [1.807, 2.05) is 19.9 Å². The number of hydrogen-bond acceptors (Lipinski definition) is 3. The number of nitriles is 1. The molecule has 0 aromatic rings. The van der Waals surface area contributed by atoms with Gasteiger partial charge in [0.15, 0.2) is 9.84 Å². The quantitative estimate of drug-likeness (QED) is 0.640. The minimum atomic E-state index is -2.98. The molecule has 0 aliphatic carbocycles. The van der Waals surface area contributed by atoms with Crippen LogP contribution in [0.5, 0.6) is 0 Å². The molecule has 0 aromatic heterocycles. The van der Waals surface area contributed by atoms with Gasteiger partial charge in [-0.15, -0.1) is 0 Å². The smallest absolute Gasteiger partial charge is 0.153 e. The molecule has 0 radical (unpaired) electrons. The minimum Gasteiger partial charge on any atom is -0.229 e. The fraction of sp³-hybridized carbons (Fsp3) is 0.889. The highest BCUT2D eigenvalue weighted by molar-refractivity contribution is 7.92. The maximum atomic E-state index is 11.5. The van der Waals surface area contributed by atoms with E-state index in [2.05, 4.69) is 0 Å². The van der Waals surface area contributed by atoms with E-state index in [4.69, 9.17) is 5.26 Å². The van der Waals surface area contributed by atoms with Crippen molar-refractivity contribution in [2.45, 2.75) is 38.9 Å². The second-order valence-electron chi connectivity index (χ2n) is 3.58. The molecule has 0 saturated heterocycles. The van der Waals surface area contributed by atoms with Crippen LogP contribution in [0.15, 0.2) is 0 Å². The van der Waals surface area contributed by atoms with Crippen molar-refractivity contribution in [1.82, 2.24) is 0 Å². The molecule has 0 amide bonds. The summed E-state index contributed by atoms with van der Waals surface area (Å²) in [6, 6.07) is 1.94. The van der Waals surface area contributed by atoms with Crippen LogP contribution in [0.2, 0.25) is 0 Å². The molecular formula is C9H17NO2S. The summed E-state index contributed by atoms with van der Waals surface area (Å²) < 4.78 is 23.1. The molecule has 3 nitrogen and oxygen atoms in total. The van der Waals surface area contributed by atoms with Crippen LogP contribution in [0, 0.1) is 17.2 Å². The van der Waals surface area contributed by atoms with Gasteiger partial charge in [-0.3, -0.25) is 0 Å². The van der Waals surface area contributed by atoms with E-state index in [-0.39, 0.29) is 16.9 Å². The highest BCUT2D eigenvalue weighted by Gasteiger charge is 2.22. The van der Waals surface area contributed by atoms with Gasteiger partial charge in [0, 0.05) is 6.42 Å². The van der Waals surface area contributed by atoms with E-state index >= 15 is 0 Å². The van der Waals surface area contributed by atoms with E-state index in [9.17, 15) is 8.42 Å². The largest absolute Gasteiger partial charge is 0.229 e. The first-order chi connectivity index (χ1) is 5.91. The first-order valence-corrected chi connectivity index (χ1v) is 6.22. The van der Waals surface area contributed by atoms with Gasteiger partial charge in [-0.25, -0.2) is 8.42 Å². The highest BCUT2D eigenvalue weighted by atomic mass is 32.2. The SMILES string of the molecule is CC(C)C(C)S(=O)(=O)CCCC#N. The van der Waals surface area contributed by atoms with Gasteiger partial charge >= 0.3 is 0 Å². The zero-order chi connectivity index (χ0) is 10.5. The van der Waals surface area contributed by atoms with Crippen LogP contribution in [0.3, 0.4) is 0 Å². The Kier molecular flexibility index (Phi) is 5.01. The molecule has 0 bridgehead atoms. The summed E-state index contributed by atoms with van der Waals surface area (Å²) in [5, 5.41) is 7.97. The minimum absolute atomic E-state index is 0.139. The number of sulfone groups is 1. The zero-order valence-corrected chi connectivity index (χ0v) is 9.26. The number of unbranched alkanes of at least 4 members (excludes halogenated alkanes) is 1. The van der Waals surface area contributed by atoms with Crippen molar-refractivity contribution >= 4 is 9.84 Å². The van der Waals surface area contributed by atoms with E-state index in [1.54, 1.807) is 6.92 Å². The lowest BCUT2D eigenvalue weighted by molar-refractivity contribution is 0.544. The third kappa shape index (κ3) is 4.28. The lowest BCUT2D eigenvalue weighted by atomic mass is 10.2. The summed E-state index contributed by atoms with van der Waals surface area (Å²) in [4.78, 5) is 0. The summed E-state index contributed by atoms with van der Waals surface area (Å²) in [6.45, 7) is 5.52. The van der Waals surface area contributed by atoms with Gasteiger partial charge in [-0.1, -0.05) is 13.8 Å². The van der Waals surface area contributed by atoms with Crippen LogP contribution in [0.25, 0.3) is 0 Å². The Morgan fingerprint density at radius 1 is 1.31 bits per heavy atom. The van der Waals surface area contributed by atoms with Crippen LogP contribution >= 0.6 is 0 Å². The van der Waals surface area contributed by atoms with E-state index in [0.29, 0.717) is 12.8 Å². The van der Waals surface area contributed by atoms with Gasteiger partial charge in [-0.2, -0.15) is 5.26 Å². The van der Waals surface area contributed by atoms with Crippen LogP contribution in [-0.2, 0) is 9.84 Å². The average molecular weight is 203 g/mol. The average Bonchev–Trinajstić information content (AvgIpc) is 2.03. The van der Waals surface area contributed by atoms with Gasteiger partial charge in [0.25, 0.3) is 0 Å². The van der Waals surface area contributed by atoms with Crippen LogP contribution in [0.4, 0.5) is 0 Å². The van der Waals surface area contributed by atoms with Crippen molar-refractivity contribution in [3.63, 3.8) is 0 Å². The fourth-order valence-corrected chi connectivity index (χ4v) is 2.70. The summed E-state index contributed by atoms with van der Waals surface area (Å²) in [5.41, 5.74) is 0. The summed E-state index contributed by atoms with van der Waals surface area (Å²) in [7, 11) is -2.98. The molecule has 4 heteroatoms. The van der Waals surface area contributed by atoms with Crippen molar-refractivity contribution in [3.05, 3.63) is 0 Å². The molecule has 0 rings (SSSR count). The Labute approximate surface area is 80.7 Å². The van der Waals surface area contributed by atoms with Crippen LogP contribution in [-0.4, -0.2) is 19.4 Å². The molecule has 0 N–H and O–H groups in total. The molecule has 0 aromatic carbocycles. The van der Waals surface area contributed by atoms with E-state index < -0.39 is 9.84 Å². The van der Waals surface area contributed by atoms with Gasteiger partial charge in [0.2, 0.25) is 0 Å². The Hall–Kier alpha value is -0.560. The van der Waals surface area contributed by atoms with Gasteiger partial charge in [0.1, 0.15) is 0 Å². The summed E-state index contributed by atoms with van der Waals surface area (Å²) in [5.74, 6) is 0.284. The molecule has 0 aliphatic rings. The lowest BCUT2D eigenvalue weighted by Gasteiger charge is -2.15. The van der Waals surface area contributed by atoms with E-state index in [0.717, 1.165) is 0 Å². The van der Waals surface area contributed by atoms with Crippen molar-refractivity contribution in [1.29, 1.82) is 5.26 Å². The molecule has 1 atom stereocenters. The summed E-state index contributed by atoms with van der Waals surface area (Å²) in [6.07, 6.45) is 0.778. The standard InChI is InChI=1S/C9H17NO2S/c1-8(2)9(3)13(11,12)7-5-4-6-10/h8-9H,4-5,7H2,1-3H3. The Morgan fingerprint density at radius 3 is 2.23 bits per heavy atom. The molecule has 0 saturated carbocycles. The zero-order valence-electron chi connectivity index (χ0n) is 8.45. The second-order valence-corrected chi connectivity index (χ2v) is 6.06. The molecule has 76 valence electrons. The molecule has 0 aliphatic heterocycles. The van der Waals surface area contributed by atoms with Crippen molar-refractivity contribution < 1.29 is 8.42 Å². The first-order valence-electron chi connectivity index (χ1n) is 4.50. The topological polar surface area (TPSA) is 57.9 Å². The number of nitrogens with zero attached hydrogens (tertiary/aromatic N) is 1. The molecule has 0 spiro atoms. The predicted octanol–water partition coefficient (Wildman–Crippen LogP) is 1.75. The fourth-order valence-electron chi connectivity index (χ4n) is 0.953. The molecule has 0 fully saturated rings. The highest BCUT2D eigenvalue weighted by Crippen LogP contribution is 2.13. The molecule has 0 heterocycles. The summed E-state index contributed by atoms with van der Waals surface area (Å²) >= 11 is 0. The maximum absolute atomic E-state index is 11.5. The van der Waals surface area contributed by atoms with Gasteiger partial charge in [-0.05, 0) is 19.3 Å². The monoisotopic (exact) mass is 203 g/mol. The third-order valence-electron chi connectivity index (χ3n) is 2.22. The van der Waals surface area contributed by atoms with Crippen molar-refractivity contribution in [2.24, 2.45) is 5.92 Å². The van der Waals surface area contributed by atoms with Crippen molar-refractivity contribution in [2.75, 3.05) is 5.75 Å². The van der Waals surface area contributed by atoms with Gasteiger partial charge in [0.05, 0.1) is 17.1 Å². The molecule has 1 unspecified atom stereocenters. The Balaban J connectivity index is 4.18. The van der Waals surface area contributed by atoms with Crippen LogP contribution in [0.1, 0.15) is 33.6 Å². The third-order valence-corrected chi connectivity index (χ3v) is 4.76. The second kappa shape index (κ2) is 5.23.